The summed E-state index contributed by atoms with van der Waals surface area (Å²) >= 11 is 6.80. The lowest BCUT2D eigenvalue weighted by molar-refractivity contribution is -0.117. The van der Waals surface area contributed by atoms with E-state index >= 15 is 0 Å². The van der Waals surface area contributed by atoms with E-state index in [-0.39, 0.29) is 11.2 Å². The molecule has 0 saturated carbocycles. The van der Waals surface area contributed by atoms with Gasteiger partial charge in [0.15, 0.2) is 0 Å². The van der Waals surface area contributed by atoms with Crippen LogP contribution in [0.5, 0.6) is 0 Å². The molecule has 112 valence electrons. The predicted molar refractivity (Wildman–Crippen MR) is 98.6 cm³/mol. The number of carbonyl (C=O) groups excluding carboxylic acids is 1. The minimum Gasteiger partial charge on any atom is -0.272 e. The van der Waals surface area contributed by atoms with E-state index in [4.69, 9.17) is 12.2 Å². The molecule has 3 nitrogen and oxygen atoms in total. The molecule has 1 fully saturated rings. The molecule has 1 aliphatic rings. The third-order valence-corrected chi connectivity index (χ3v) is 5.28. The van der Waals surface area contributed by atoms with E-state index in [2.05, 4.69) is 4.98 Å². The van der Waals surface area contributed by atoms with Gasteiger partial charge < -0.3 is 0 Å². The second-order valence-corrected chi connectivity index (χ2v) is 6.94. The van der Waals surface area contributed by atoms with Crippen LogP contribution in [-0.4, -0.2) is 15.2 Å². The van der Waals surface area contributed by atoms with Crippen molar-refractivity contribution in [3.05, 3.63) is 72.4 Å². The van der Waals surface area contributed by atoms with Crippen LogP contribution in [0.4, 0.5) is 5.69 Å². The summed E-state index contributed by atoms with van der Waals surface area (Å²) in [5, 5.41) is 0.682. The minimum absolute atomic E-state index is 0.0334. The molecule has 0 N–H and O–H groups in total. The molecule has 1 unspecified atom stereocenters. The van der Waals surface area contributed by atoms with Crippen LogP contribution in [0.3, 0.4) is 0 Å². The second-order valence-electron chi connectivity index (χ2n) is 5.20. The van der Waals surface area contributed by atoms with Gasteiger partial charge >= 0.3 is 0 Å². The van der Waals surface area contributed by atoms with Crippen LogP contribution in [0.1, 0.15) is 10.9 Å². The predicted octanol–water partition coefficient (Wildman–Crippen LogP) is 4.34. The van der Waals surface area contributed by atoms with Gasteiger partial charge in [0.25, 0.3) is 5.91 Å². The standard InChI is InChI=1S/C18H12N2OS2/c21-17-16(15-11-10-12-6-4-5-9-14(12)19-15)23-18(22)20(17)13-7-2-1-3-8-13/h1-11,16H. The van der Waals surface area contributed by atoms with Gasteiger partial charge in [-0.2, -0.15) is 0 Å². The fraction of sp³-hybridized carbons (Fsp3) is 0.0556. The summed E-state index contributed by atoms with van der Waals surface area (Å²) in [7, 11) is 0. The zero-order valence-corrected chi connectivity index (χ0v) is 13.7. The van der Waals surface area contributed by atoms with Crippen molar-refractivity contribution in [2.24, 2.45) is 0 Å². The third kappa shape index (κ3) is 2.52. The average molecular weight is 336 g/mol. The van der Waals surface area contributed by atoms with Gasteiger partial charge in [-0.1, -0.05) is 66.4 Å². The summed E-state index contributed by atoms with van der Waals surface area (Å²) in [6.07, 6.45) is 0. The molecule has 3 aromatic rings. The van der Waals surface area contributed by atoms with Gasteiger partial charge in [-0.3, -0.25) is 14.7 Å². The van der Waals surface area contributed by atoms with Gasteiger partial charge in [-0.15, -0.1) is 0 Å². The Morgan fingerprint density at radius 1 is 0.957 bits per heavy atom. The van der Waals surface area contributed by atoms with Crippen molar-refractivity contribution in [2.45, 2.75) is 5.25 Å². The molecule has 0 aliphatic carbocycles. The molecule has 1 atom stereocenters. The molecule has 4 rings (SSSR count). The molecule has 5 heteroatoms. The van der Waals surface area contributed by atoms with Crippen molar-refractivity contribution in [2.75, 3.05) is 4.90 Å². The van der Waals surface area contributed by atoms with Crippen LogP contribution in [0, 0.1) is 0 Å². The van der Waals surface area contributed by atoms with Crippen molar-refractivity contribution in [1.29, 1.82) is 0 Å². The zero-order chi connectivity index (χ0) is 15.8. The lowest BCUT2D eigenvalue weighted by Crippen LogP contribution is -2.29. The number of para-hydroxylation sites is 2. The van der Waals surface area contributed by atoms with Crippen LogP contribution >= 0.6 is 24.0 Å². The van der Waals surface area contributed by atoms with Crippen LogP contribution < -0.4 is 4.90 Å². The molecule has 2 heterocycles. The fourth-order valence-corrected chi connectivity index (χ4v) is 4.08. The number of thiocarbonyl (C=S) groups is 1. The summed E-state index contributed by atoms with van der Waals surface area (Å²) in [6, 6.07) is 21.3. The summed E-state index contributed by atoms with van der Waals surface area (Å²) < 4.78 is 0.571. The van der Waals surface area contributed by atoms with E-state index in [0.29, 0.717) is 4.32 Å². The third-order valence-electron chi connectivity index (χ3n) is 3.75. The Kier molecular flexibility index (Phi) is 3.59. The molecule has 1 aromatic heterocycles. The molecule has 0 bridgehead atoms. The number of pyridine rings is 1. The van der Waals surface area contributed by atoms with Gasteiger partial charge in [0.2, 0.25) is 0 Å². The Hall–Kier alpha value is -2.24. The Morgan fingerprint density at radius 3 is 2.52 bits per heavy atom. The lowest BCUT2D eigenvalue weighted by Gasteiger charge is -2.15. The highest BCUT2D eigenvalue weighted by atomic mass is 32.2. The summed E-state index contributed by atoms with van der Waals surface area (Å²) in [6.45, 7) is 0. The zero-order valence-electron chi connectivity index (χ0n) is 12.0. The van der Waals surface area contributed by atoms with Crippen molar-refractivity contribution in [3.8, 4) is 0 Å². The van der Waals surface area contributed by atoms with Crippen LogP contribution in [0.2, 0.25) is 0 Å². The number of hydrogen-bond donors (Lipinski definition) is 0. The number of hydrogen-bond acceptors (Lipinski definition) is 4. The minimum atomic E-state index is -0.382. The molecule has 1 aliphatic heterocycles. The first-order valence-corrected chi connectivity index (χ1v) is 8.48. The number of rotatable bonds is 2. The van der Waals surface area contributed by atoms with Gasteiger partial charge in [-0.25, -0.2) is 0 Å². The van der Waals surface area contributed by atoms with Gasteiger partial charge in [0, 0.05) is 5.39 Å². The maximum atomic E-state index is 12.8. The number of nitrogens with zero attached hydrogens (tertiary/aromatic N) is 2. The number of thioether (sulfide) groups is 1. The molecule has 1 saturated heterocycles. The molecule has 23 heavy (non-hydrogen) atoms. The van der Waals surface area contributed by atoms with Crippen LogP contribution in [0.15, 0.2) is 66.7 Å². The number of amides is 1. The number of anilines is 1. The summed E-state index contributed by atoms with van der Waals surface area (Å²) in [4.78, 5) is 19.1. The Labute approximate surface area is 143 Å². The average Bonchev–Trinajstić information content (AvgIpc) is 2.90. The molecular weight excluding hydrogens is 324 g/mol. The van der Waals surface area contributed by atoms with Gasteiger partial charge in [-0.05, 0) is 24.3 Å². The van der Waals surface area contributed by atoms with Crippen molar-refractivity contribution in [1.82, 2.24) is 4.98 Å². The highest BCUT2D eigenvalue weighted by molar-refractivity contribution is 8.24. The maximum absolute atomic E-state index is 12.8. The normalized spacial score (nSPS) is 17.9. The first-order valence-electron chi connectivity index (χ1n) is 7.19. The van der Waals surface area contributed by atoms with E-state index in [1.54, 1.807) is 4.90 Å². The first-order chi connectivity index (χ1) is 11.2. The van der Waals surface area contributed by atoms with Crippen molar-refractivity contribution < 1.29 is 4.79 Å². The smallest absolute Gasteiger partial charge is 0.252 e. The largest absolute Gasteiger partial charge is 0.272 e. The van der Waals surface area contributed by atoms with E-state index in [9.17, 15) is 4.79 Å². The number of carbonyl (C=O) groups is 1. The van der Waals surface area contributed by atoms with Crippen LogP contribution in [-0.2, 0) is 4.79 Å². The quantitative estimate of drug-likeness (QED) is 0.652. The van der Waals surface area contributed by atoms with Crippen molar-refractivity contribution in [3.63, 3.8) is 0 Å². The molecule has 0 radical (unpaired) electrons. The molecular formula is C18H12N2OS2. The molecule has 0 spiro atoms. The second kappa shape index (κ2) is 5.76. The van der Waals surface area contributed by atoms with Crippen LogP contribution in [0.25, 0.3) is 10.9 Å². The van der Waals surface area contributed by atoms with Gasteiger partial charge in [0.1, 0.15) is 9.57 Å². The van der Waals surface area contributed by atoms with Gasteiger partial charge in [0.05, 0.1) is 16.9 Å². The number of benzene rings is 2. The number of aromatic nitrogens is 1. The Morgan fingerprint density at radius 2 is 1.70 bits per heavy atom. The SMILES string of the molecule is O=C1C(c2ccc3ccccc3n2)SC(=S)N1c1ccccc1. The summed E-state index contributed by atoms with van der Waals surface area (Å²) in [5.74, 6) is -0.0334. The lowest BCUT2D eigenvalue weighted by atomic mass is 10.1. The Bertz CT molecular complexity index is 911. The maximum Gasteiger partial charge on any atom is 0.252 e. The fourth-order valence-electron chi connectivity index (χ4n) is 2.64. The first kappa shape index (κ1) is 14.4. The van der Waals surface area contributed by atoms with Crippen molar-refractivity contribution >= 4 is 50.8 Å². The highest BCUT2D eigenvalue weighted by Gasteiger charge is 2.39. The number of fused-ring (bicyclic) bond motifs is 1. The Balaban J connectivity index is 1.72. The monoisotopic (exact) mass is 336 g/mol. The van der Waals surface area contributed by atoms with E-state index in [1.165, 1.54) is 11.8 Å². The molecule has 1 amide bonds. The van der Waals surface area contributed by atoms with E-state index < -0.39 is 0 Å². The van der Waals surface area contributed by atoms with E-state index in [1.807, 2.05) is 66.7 Å². The molecule has 2 aromatic carbocycles. The highest BCUT2D eigenvalue weighted by Crippen LogP contribution is 2.41. The topological polar surface area (TPSA) is 33.2 Å². The van der Waals surface area contributed by atoms with E-state index in [0.717, 1.165) is 22.3 Å². The summed E-state index contributed by atoms with van der Waals surface area (Å²) in [5.41, 5.74) is 2.44.